The zero-order valence-corrected chi connectivity index (χ0v) is 13.1. The van der Waals surface area contributed by atoms with Crippen molar-refractivity contribution in [2.75, 3.05) is 11.9 Å². The minimum atomic E-state index is -0.953. The lowest BCUT2D eigenvalue weighted by molar-refractivity contribution is 0.0999. The Hall–Kier alpha value is -2.32. The van der Waals surface area contributed by atoms with Crippen molar-refractivity contribution in [3.05, 3.63) is 52.2 Å². The number of nitrogens with two attached hydrogens (primary N) is 1. The van der Waals surface area contributed by atoms with Crippen molar-refractivity contribution >= 4 is 23.3 Å². The van der Waals surface area contributed by atoms with E-state index in [1.807, 2.05) is 0 Å². The molecule has 3 N–H and O–H groups in total. The second-order valence-corrected chi connectivity index (χ2v) is 5.69. The molecule has 0 spiro atoms. The Bertz CT molecular complexity index is 790. The van der Waals surface area contributed by atoms with E-state index >= 15 is 0 Å². The Balaban J connectivity index is 1.87. The summed E-state index contributed by atoms with van der Waals surface area (Å²) in [5.41, 5.74) is 5.88. The number of amides is 1. The standard InChI is InChI=1S/C15H13ClF2N4O2/c16-12-6-8(14(19)23)15(22-21-12)20-11-3-4-24-13(11)7-1-2-9(17)10(18)5-7/h1-2,5-6,11,13H,3-4H2,(H2,19,23)(H,20,22). The predicted molar refractivity (Wildman–Crippen MR) is 82.6 cm³/mol. The van der Waals surface area contributed by atoms with Gasteiger partial charge in [-0.05, 0) is 30.2 Å². The number of benzene rings is 1. The second kappa shape index (κ2) is 6.66. The largest absolute Gasteiger partial charge is 0.371 e. The molecule has 0 bridgehead atoms. The van der Waals surface area contributed by atoms with E-state index in [0.29, 0.717) is 18.6 Å². The molecule has 1 amide bonds. The Morgan fingerprint density at radius 2 is 2.08 bits per heavy atom. The van der Waals surface area contributed by atoms with Crippen LogP contribution in [0.2, 0.25) is 5.15 Å². The van der Waals surface area contributed by atoms with E-state index in [2.05, 4.69) is 15.5 Å². The zero-order chi connectivity index (χ0) is 17.3. The van der Waals surface area contributed by atoms with Crippen LogP contribution in [0.1, 0.15) is 28.4 Å². The number of carbonyl (C=O) groups excluding carboxylic acids is 1. The number of ether oxygens (including phenoxy) is 1. The summed E-state index contributed by atoms with van der Waals surface area (Å²) in [6.45, 7) is 0.411. The van der Waals surface area contributed by atoms with Crippen molar-refractivity contribution in [3.63, 3.8) is 0 Å². The van der Waals surface area contributed by atoms with Gasteiger partial charge in [0.15, 0.2) is 22.6 Å². The molecule has 2 aromatic rings. The van der Waals surface area contributed by atoms with Crippen LogP contribution in [-0.4, -0.2) is 28.8 Å². The molecule has 2 heterocycles. The SMILES string of the molecule is NC(=O)c1cc(Cl)nnc1NC1CCOC1c1ccc(F)c(F)c1. The van der Waals surface area contributed by atoms with Gasteiger partial charge in [-0.1, -0.05) is 17.7 Å². The number of anilines is 1. The lowest BCUT2D eigenvalue weighted by atomic mass is 10.0. The lowest BCUT2D eigenvalue weighted by Crippen LogP contribution is -2.26. The van der Waals surface area contributed by atoms with Gasteiger partial charge in [0.1, 0.15) is 6.10 Å². The number of primary amides is 1. The number of carbonyl (C=O) groups is 1. The van der Waals surface area contributed by atoms with E-state index in [-0.39, 0.29) is 22.6 Å². The van der Waals surface area contributed by atoms with Gasteiger partial charge < -0.3 is 15.8 Å². The van der Waals surface area contributed by atoms with Gasteiger partial charge >= 0.3 is 0 Å². The highest BCUT2D eigenvalue weighted by Gasteiger charge is 2.31. The first-order valence-electron chi connectivity index (χ1n) is 7.12. The highest BCUT2D eigenvalue weighted by Crippen LogP contribution is 2.32. The molecule has 1 aromatic carbocycles. The van der Waals surface area contributed by atoms with E-state index in [4.69, 9.17) is 22.1 Å². The minimum absolute atomic E-state index is 0.0363. The smallest absolute Gasteiger partial charge is 0.252 e. The molecule has 126 valence electrons. The van der Waals surface area contributed by atoms with Crippen LogP contribution >= 0.6 is 11.6 Å². The topological polar surface area (TPSA) is 90.1 Å². The zero-order valence-electron chi connectivity index (χ0n) is 12.3. The van der Waals surface area contributed by atoms with Crippen LogP contribution < -0.4 is 11.1 Å². The third-order valence-corrected chi connectivity index (χ3v) is 3.90. The van der Waals surface area contributed by atoms with Crippen LogP contribution in [0.15, 0.2) is 24.3 Å². The molecule has 0 aliphatic carbocycles. The summed E-state index contributed by atoms with van der Waals surface area (Å²) >= 11 is 5.72. The summed E-state index contributed by atoms with van der Waals surface area (Å²) < 4.78 is 32.1. The van der Waals surface area contributed by atoms with Gasteiger partial charge in [0.2, 0.25) is 0 Å². The molecular formula is C15H13ClF2N4O2. The summed E-state index contributed by atoms with van der Waals surface area (Å²) in [7, 11) is 0. The molecule has 24 heavy (non-hydrogen) atoms. The molecule has 1 fully saturated rings. The van der Waals surface area contributed by atoms with Gasteiger partial charge in [-0.3, -0.25) is 4.79 Å². The Morgan fingerprint density at radius 1 is 1.29 bits per heavy atom. The maximum Gasteiger partial charge on any atom is 0.252 e. The van der Waals surface area contributed by atoms with Crippen molar-refractivity contribution in [2.24, 2.45) is 5.73 Å². The Morgan fingerprint density at radius 3 is 2.79 bits per heavy atom. The Labute approximate surface area is 141 Å². The molecule has 1 aliphatic heterocycles. The highest BCUT2D eigenvalue weighted by atomic mass is 35.5. The first-order chi connectivity index (χ1) is 11.5. The quantitative estimate of drug-likeness (QED) is 0.880. The number of hydrogen-bond donors (Lipinski definition) is 2. The van der Waals surface area contributed by atoms with Crippen molar-refractivity contribution < 1.29 is 18.3 Å². The molecule has 0 radical (unpaired) electrons. The maximum atomic E-state index is 13.5. The highest BCUT2D eigenvalue weighted by molar-refractivity contribution is 6.29. The Kier molecular flexibility index (Phi) is 4.59. The van der Waals surface area contributed by atoms with Crippen LogP contribution in [0, 0.1) is 11.6 Å². The molecule has 6 nitrogen and oxygen atoms in total. The van der Waals surface area contributed by atoms with Gasteiger partial charge in [0.05, 0.1) is 11.6 Å². The summed E-state index contributed by atoms with van der Waals surface area (Å²) in [6, 6.07) is 4.57. The van der Waals surface area contributed by atoms with E-state index in [1.54, 1.807) is 0 Å². The third-order valence-electron chi connectivity index (χ3n) is 3.72. The molecule has 0 saturated carbocycles. The maximum absolute atomic E-state index is 13.5. The van der Waals surface area contributed by atoms with Crippen LogP contribution in [0.4, 0.5) is 14.6 Å². The van der Waals surface area contributed by atoms with Crippen LogP contribution in [0.25, 0.3) is 0 Å². The minimum Gasteiger partial charge on any atom is -0.371 e. The first kappa shape index (κ1) is 16.5. The molecule has 3 rings (SSSR count). The van der Waals surface area contributed by atoms with Crippen molar-refractivity contribution in [2.45, 2.75) is 18.6 Å². The van der Waals surface area contributed by atoms with Gasteiger partial charge in [0.25, 0.3) is 5.91 Å². The average Bonchev–Trinajstić information content (AvgIpc) is 2.99. The van der Waals surface area contributed by atoms with E-state index in [1.165, 1.54) is 12.1 Å². The van der Waals surface area contributed by atoms with Crippen LogP contribution in [0.3, 0.4) is 0 Å². The molecule has 1 aromatic heterocycles. The number of nitrogens with one attached hydrogen (secondary N) is 1. The fourth-order valence-corrected chi connectivity index (χ4v) is 2.74. The van der Waals surface area contributed by atoms with Gasteiger partial charge in [-0.15, -0.1) is 10.2 Å². The number of aromatic nitrogens is 2. The fraction of sp³-hybridized carbons (Fsp3) is 0.267. The van der Waals surface area contributed by atoms with Crippen molar-refractivity contribution in [1.29, 1.82) is 0 Å². The summed E-state index contributed by atoms with van der Waals surface area (Å²) in [5.74, 6) is -2.43. The van der Waals surface area contributed by atoms with Crippen LogP contribution in [0.5, 0.6) is 0 Å². The molecule has 2 unspecified atom stereocenters. The van der Waals surface area contributed by atoms with Gasteiger partial charge in [-0.25, -0.2) is 8.78 Å². The third kappa shape index (κ3) is 3.29. The molecule has 2 atom stereocenters. The summed E-state index contributed by atoms with van der Waals surface area (Å²) in [4.78, 5) is 11.5. The molecule has 1 aliphatic rings. The summed E-state index contributed by atoms with van der Waals surface area (Å²) in [5, 5.41) is 10.6. The molecule has 1 saturated heterocycles. The number of nitrogens with zero attached hydrogens (tertiary/aromatic N) is 2. The normalized spacial score (nSPS) is 20.1. The number of hydrogen-bond acceptors (Lipinski definition) is 5. The summed E-state index contributed by atoms with van der Waals surface area (Å²) in [6.07, 6.45) is 0.0462. The molecular weight excluding hydrogens is 342 g/mol. The van der Waals surface area contributed by atoms with Crippen molar-refractivity contribution in [3.8, 4) is 0 Å². The van der Waals surface area contributed by atoms with Gasteiger partial charge in [0, 0.05) is 6.61 Å². The fourth-order valence-electron chi connectivity index (χ4n) is 2.59. The van der Waals surface area contributed by atoms with E-state index in [9.17, 15) is 13.6 Å². The molecule has 9 heteroatoms. The van der Waals surface area contributed by atoms with Gasteiger partial charge in [-0.2, -0.15) is 0 Å². The predicted octanol–water partition coefficient (Wildman–Crippen LogP) is 2.45. The monoisotopic (exact) mass is 354 g/mol. The van der Waals surface area contributed by atoms with E-state index < -0.39 is 23.6 Å². The second-order valence-electron chi connectivity index (χ2n) is 5.30. The van der Waals surface area contributed by atoms with Crippen LogP contribution in [-0.2, 0) is 4.74 Å². The lowest BCUT2D eigenvalue weighted by Gasteiger charge is -2.21. The average molecular weight is 355 g/mol. The van der Waals surface area contributed by atoms with Crippen molar-refractivity contribution in [1.82, 2.24) is 10.2 Å². The van der Waals surface area contributed by atoms with E-state index in [0.717, 1.165) is 12.1 Å². The first-order valence-corrected chi connectivity index (χ1v) is 7.49. The number of rotatable bonds is 4. The number of halogens is 3.